The molecule has 0 bridgehead atoms. The van der Waals surface area contributed by atoms with Gasteiger partial charge in [-0.05, 0) is 25.7 Å². The Balaban J connectivity index is 1.65. The van der Waals surface area contributed by atoms with Crippen molar-refractivity contribution in [2.75, 3.05) is 19.8 Å². The maximum atomic E-state index is 12.1. The highest BCUT2D eigenvalue weighted by Crippen LogP contribution is 2.32. The van der Waals surface area contributed by atoms with E-state index in [0.29, 0.717) is 25.8 Å². The standard InChI is InChI=1S/C12H18N2O3/c15-11(13-9-3-4-9)10-7-17-6-5-14(10)12(16)8-1-2-8/h8-10H,1-7H2,(H,13,15). The van der Waals surface area contributed by atoms with Gasteiger partial charge in [-0.25, -0.2) is 0 Å². The van der Waals surface area contributed by atoms with Crippen molar-refractivity contribution in [1.29, 1.82) is 0 Å². The molecular weight excluding hydrogens is 220 g/mol. The molecule has 0 spiro atoms. The average Bonchev–Trinajstić information content (AvgIpc) is 3.20. The maximum Gasteiger partial charge on any atom is 0.245 e. The van der Waals surface area contributed by atoms with Gasteiger partial charge < -0.3 is 15.0 Å². The number of carbonyl (C=O) groups excluding carboxylic acids is 2. The lowest BCUT2D eigenvalue weighted by Gasteiger charge is -2.34. The molecule has 0 aromatic rings. The van der Waals surface area contributed by atoms with Crippen molar-refractivity contribution in [3.63, 3.8) is 0 Å². The van der Waals surface area contributed by atoms with Crippen LogP contribution in [0, 0.1) is 5.92 Å². The third-order valence-corrected chi connectivity index (χ3v) is 3.56. The van der Waals surface area contributed by atoms with Gasteiger partial charge in [-0.15, -0.1) is 0 Å². The van der Waals surface area contributed by atoms with Crippen molar-refractivity contribution in [2.24, 2.45) is 5.92 Å². The summed E-state index contributed by atoms with van der Waals surface area (Å²) in [6.07, 6.45) is 4.09. The van der Waals surface area contributed by atoms with Crippen LogP contribution in [0.5, 0.6) is 0 Å². The lowest BCUT2D eigenvalue weighted by atomic mass is 10.2. The summed E-state index contributed by atoms with van der Waals surface area (Å²) in [5, 5.41) is 2.95. The number of morpholine rings is 1. The average molecular weight is 238 g/mol. The topological polar surface area (TPSA) is 58.6 Å². The summed E-state index contributed by atoms with van der Waals surface area (Å²) in [5.41, 5.74) is 0. The first-order valence-electron chi connectivity index (χ1n) is 6.44. The minimum Gasteiger partial charge on any atom is -0.377 e. The van der Waals surface area contributed by atoms with Gasteiger partial charge in [0.15, 0.2) is 0 Å². The monoisotopic (exact) mass is 238 g/mol. The second-order valence-corrected chi connectivity index (χ2v) is 5.18. The molecule has 0 aromatic heterocycles. The molecule has 3 aliphatic rings. The highest BCUT2D eigenvalue weighted by molar-refractivity contribution is 5.90. The molecule has 2 saturated carbocycles. The number of rotatable bonds is 3. The summed E-state index contributed by atoms with van der Waals surface area (Å²) >= 11 is 0. The Hall–Kier alpha value is -1.10. The van der Waals surface area contributed by atoms with Crippen LogP contribution in [-0.2, 0) is 14.3 Å². The van der Waals surface area contributed by atoms with Gasteiger partial charge in [0.2, 0.25) is 11.8 Å². The first-order valence-corrected chi connectivity index (χ1v) is 6.44. The van der Waals surface area contributed by atoms with E-state index in [0.717, 1.165) is 25.7 Å². The summed E-state index contributed by atoms with van der Waals surface area (Å²) in [5.74, 6) is 0.273. The van der Waals surface area contributed by atoms with E-state index >= 15 is 0 Å². The fraction of sp³-hybridized carbons (Fsp3) is 0.833. The van der Waals surface area contributed by atoms with Crippen LogP contribution in [0.2, 0.25) is 0 Å². The molecule has 17 heavy (non-hydrogen) atoms. The minimum absolute atomic E-state index is 0.0406. The molecule has 1 saturated heterocycles. The second-order valence-electron chi connectivity index (χ2n) is 5.18. The third-order valence-electron chi connectivity index (χ3n) is 3.56. The first kappa shape index (κ1) is 11.0. The fourth-order valence-corrected chi connectivity index (χ4v) is 2.17. The zero-order chi connectivity index (χ0) is 11.8. The molecule has 5 nitrogen and oxygen atoms in total. The summed E-state index contributed by atoms with van der Waals surface area (Å²) in [4.78, 5) is 25.8. The SMILES string of the molecule is O=C(NC1CC1)C1COCCN1C(=O)C1CC1. The molecule has 5 heteroatoms. The molecule has 1 unspecified atom stereocenters. The lowest BCUT2D eigenvalue weighted by molar-refractivity contribution is -0.149. The van der Waals surface area contributed by atoms with Crippen molar-refractivity contribution in [1.82, 2.24) is 10.2 Å². The summed E-state index contributed by atoms with van der Waals surface area (Å²) in [7, 11) is 0. The van der Waals surface area contributed by atoms with E-state index in [9.17, 15) is 9.59 Å². The largest absolute Gasteiger partial charge is 0.377 e. The zero-order valence-corrected chi connectivity index (χ0v) is 9.85. The van der Waals surface area contributed by atoms with E-state index in [2.05, 4.69) is 5.32 Å². The molecule has 0 aromatic carbocycles. The molecular formula is C12H18N2O3. The Bertz CT molecular complexity index is 337. The fourth-order valence-electron chi connectivity index (χ4n) is 2.17. The molecule has 3 fully saturated rings. The predicted molar refractivity (Wildman–Crippen MR) is 60.2 cm³/mol. The van der Waals surface area contributed by atoms with E-state index < -0.39 is 6.04 Å². The van der Waals surface area contributed by atoms with Gasteiger partial charge in [0.25, 0.3) is 0 Å². The lowest BCUT2D eigenvalue weighted by Crippen LogP contribution is -2.56. The smallest absolute Gasteiger partial charge is 0.245 e. The zero-order valence-electron chi connectivity index (χ0n) is 9.85. The van der Waals surface area contributed by atoms with Crippen LogP contribution in [0.25, 0.3) is 0 Å². The van der Waals surface area contributed by atoms with Gasteiger partial charge >= 0.3 is 0 Å². The van der Waals surface area contributed by atoms with E-state index in [-0.39, 0.29) is 17.7 Å². The Morgan fingerprint density at radius 3 is 2.59 bits per heavy atom. The van der Waals surface area contributed by atoms with Gasteiger partial charge in [-0.3, -0.25) is 9.59 Å². The van der Waals surface area contributed by atoms with Crippen LogP contribution in [0.1, 0.15) is 25.7 Å². The molecule has 94 valence electrons. The Kier molecular flexibility index (Phi) is 2.78. The number of amides is 2. The molecule has 0 radical (unpaired) electrons. The molecule has 3 rings (SSSR count). The van der Waals surface area contributed by atoms with Crippen molar-refractivity contribution in [2.45, 2.75) is 37.8 Å². The molecule has 1 atom stereocenters. The Morgan fingerprint density at radius 2 is 1.94 bits per heavy atom. The predicted octanol–water partition coefficient (Wildman–Crippen LogP) is -0.0976. The van der Waals surface area contributed by atoms with Crippen LogP contribution in [-0.4, -0.2) is 48.6 Å². The third kappa shape index (κ3) is 2.44. The van der Waals surface area contributed by atoms with Gasteiger partial charge in [-0.2, -0.15) is 0 Å². The van der Waals surface area contributed by atoms with E-state index in [1.807, 2.05) is 0 Å². The summed E-state index contributed by atoms with van der Waals surface area (Å²) in [6.45, 7) is 1.45. The summed E-state index contributed by atoms with van der Waals surface area (Å²) < 4.78 is 5.33. The van der Waals surface area contributed by atoms with Crippen LogP contribution in [0.3, 0.4) is 0 Å². The van der Waals surface area contributed by atoms with E-state index in [1.165, 1.54) is 0 Å². The van der Waals surface area contributed by atoms with Crippen LogP contribution in [0.15, 0.2) is 0 Å². The van der Waals surface area contributed by atoms with Crippen molar-refractivity contribution in [3.8, 4) is 0 Å². The second kappa shape index (κ2) is 4.29. The number of hydrogen-bond acceptors (Lipinski definition) is 3. The highest BCUT2D eigenvalue weighted by atomic mass is 16.5. The number of nitrogens with one attached hydrogen (secondary N) is 1. The van der Waals surface area contributed by atoms with Crippen molar-refractivity contribution >= 4 is 11.8 Å². The summed E-state index contributed by atoms with van der Waals surface area (Å²) in [6, 6.07) is -0.0697. The molecule has 2 amide bonds. The normalized spacial score (nSPS) is 28.9. The van der Waals surface area contributed by atoms with E-state index in [4.69, 9.17) is 4.74 Å². The minimum atomic E-state index is -0.405. The highest BCUT2D eigenvalue weighted by Gasteiger charge is 2.40. The Labute approximate surface area is 100 Å². The molecule has 1 heterocycles. The number of hydrogen-bond donors (Lipinski definition) is 1. The van der Waals surface area contributed by atoms with E-state index in [1.54, 1.807) is 4.90 Å². The van der Waals surface area contributed by atoms with Crippen LogP contribution < -0.4 is 5.32 Å². The number of ether oxygens (including phenoxy) is 1. The van der Waals surface area contributed by atoms with Crippen molar-refractivity contribution in [3.05, 3.63) is 0 Å². The molecule has 2 aliphatic carbocycles. The maximum absolute atomic E-state index is 12.1. The Morgan fingerprint density at radius 1 is 1.18 bits per heavy atom. The van der Waals surface area contributed by atoms with Crippen LogP contribution in [0.4, 0.5) is 0 Å². The van der Waals surface area contributed by atoms with Crippen molar-refractivity contribution < 1.29 is 14.3 Å². The van der Waals surface area contributed by atoms with Gasteiger partial charge in [-0.1, -0.05) is 0 Å². The molecule has 1 aliphatic heterocycles. The van der Waals surface area contributed by atoms with Gasteiger partial charge in [0.05, 0.1) is 13.2 Å². The van der Waals surface area contributed by atoms with Gasteiger partial charge in [0.1, 0.15) is 6.04 Å². The molecule has 1 N–H and O–H groups in total. The quantitative estimate of drug-likeness (QED) is 0.747. The first-order chi connectivity index (χ1) is 8.25. The number of carbonyl (C=O) groups is 2. The van der Waals surface area contributed by atoms with Gasteiger partial charge in [0, 0.05) is 18.5 Å². The number of nitrogens with zero attached hydrogens (tertiary/aromatic N) is 1. The van der Waals surface area contributed by atoms with Crippen LogP contribution >= 0.6 is 0 Å².